The molecule has 4 nitrogen and oxygen atoms in total. The van der Waals surface area contributed by atoms with Crippen molar-refractivity contribution in [3.8, 4) is 0 Å². The van der Waals surface area contributed by atoms with Crippen molar-refractivity contribution in [1.29, 1.82) is 0 Å². The molecule has 1 N–H and O–H groups in total. The molecule has 134 valence electrons. The van der Waals surface area contributed by atoms with Crippen LogP contribution in [0.4, 0.5) is 13.2 Å². The van der Waals surface area contributed by atoms with Crippen LogP contribution in [0, 0.1) is 0 Å². The average Bonchev–Trinajstić information content (AvgIpc) is 2.95. The van der Waals surface area contributed by atoms with Crippen LogP contribution in [0.3, 0.4) is 0 Å². The van der Waals surface area contributed by atoms with Gasteiger partial charge >= 0.3 is 6.18 Å². The van der Waals surface area contributed by atoms with E-state index in [1.54, 1.807) is 10.9 Å². The van der Waals surface area contributed by atoms with E-state index in [0.29, 0.717) is 6.54 Å². The summed E-state index contributed by atoms with van der Waals surface area (Å²) in [6.45, 7) is 0.453. The van der Waals surface area contributed by atoms with E-state index in [9.17, 15) is 18.0 Å². The van der Waals surface area contributed by atoms with E-state index in [1.807, 2.05) is 13.2 Å². The van der Waals surface area contributed by atoms with Crippen molar-refractivity contribution in [2.45, 2.75) is 19.0 Å². The van der Waals surface area contributed by atoms with Gasteiger partial charge < -0.3 is 5.32 Å². The van der Waals surface area contributed by atoms with Crippen molar-refractivity contribution in [3.05, 3.63) is 58.4 Å². The number of benzene rings is 1. The van der Waals surface area contributed by atoms with Crippen LogP contribution in [0.15, 0.2) is 36.7 Å². The van der Waals surface area contributed by atoms with Crippen molar-refractivity contribution < 1.29 is 18.0 Å². The van der Waals surface area contributed by atoms with Gasteiger partial charge in [0.2, 0.25) is 5.91 Å². The topological polar surface area (TPSA) is 46.9 Å². The number of hydrogen-bond acceptors (Lipinski definition) is 2. The summed E-state index contributed by atoms with van der Waals surface area (Å²) in [6.07, 6.45) is 3.16. The first-order chi connectivity index (χ1) is 11.8. The lowest BCUT2D eigenvalue weighted by atomic mass is 10.1. The van der Waals surface area contributed by atoms with Gasteiger partial charge in [0.25, 0.3) is 0 Å². The highest BCUT2D eigenvalue weighted by Gasteiger charge is 2.30. The van der Waals surface area contributed by atoms with Crippen molar-refractivity contribution >= 4 is 23.6 Å². The Bertz CT molecular complexity index is 769. The summed E-state index contributed by atoms with van der Waals surface area (Å²) < 4.78 is 39.8. The first kappa shape index (κ1) is 19.1. The van der Waals surface area contributed by atoms with Crippen LogP contribution in [0.1, 0.15) is 23.1 Å². The maximum atomic E-state index is 12.7. The maximum Gasteiger partial charge on any atom is 0.416 e. The molecule has 1 amide bonds. The van der Waals surface area contributed by atoms with Gasteiger partial charge in [-0.2, -0.15) is 18.3 Å². The third-order valence-corrected chi connectivity index (χ3v) is 3.78. The van der Waals surface area contributed by atoms with Gasteiger partial charge in [0.15, 0.2) is 0 Å². The van der Waals surface area contributed by atoms with Crippen LogP contribution in [0.5, 0.6) is 0 Å². The van der Waals surface area contributed by atoms with Crippen LogP contribution in [0.25, 0.3) is 6.08 Å². The molecule has 0 unspecified atom stereocenters. The maximum absolute atomic E-state index is 12.7. The molecule has 0 saturated heterocycles. The zero-order valence-electron chi connectivity index (χ0n) is 13.5. The summed E-state index contributed by atoms with van der Waals surface area (Å²) in [5.74, 6) is -0.389. The van der Waals surface area contributed by atoms with Gasteiger partial charge in [-0.25, -0.2) is 0 Å². The number of carbonyl (C=O) groups excluding carboxylic acids is 1. The highest BCUT2D eigenvalue weighted by molar-refractivity contribution is 6.32. The third-order valence-electron chi connectivity index (χ3n) is 3.44. The number of hydrogen-bond donors (Lipinski definition) is 1. The summed E-state index contributed by atoms with van der Waals surface area (Å²) in [4.78, 5) is 11.7. The highest BCUT2D eigenvalue weighted by atomic mass is 35.5. The smallest absolute Gasteiger partial charge is 0.353 e. The quantitative estimate of drug-likeness (QED) is 0.619. The first-order valence-electron chi connectivity index (χ1n) is 7.56. The molecule has 8 heteroatoms. The Morgan fingerprint density at radius 1 is 1.40 bits per heavy atom. The average molecular weight is 372 g/mol. The lowest BCUT2D eigenvalue weighted by Gasteiger charge is -2.08. The Balaban J connectivity index is 1.85. The van der Waals surface area contributed by atoms with Gasteiger partial charge in [-0.3, -0.25) is 9.48 Å². The van der Waals surface area contributed by atoms with Gasteiger partial charge in [-0.15, -0.1) is 0 Å². The molecule has 0 aliphatic rings. The Labute approximate surface area is 148 Å². The Morgan fingerprint density at radius 2 is 2.16 bits per heavy atom. The number of amides is 1. The molecule has 2 rings (SSSR count). The fraction of sp³-hybridized carbons (Fsp3) is 0.294. The molecule has 2 aromatic rings. The third kappa shape index (κ3) is 5.94. The number of alkyl halides is 3. The highest BCUT2D eigenvalue weighted by Crippen LogP contribution is 2.32. The second kappa shape index (κ2) is 8.20. The van der Waals surface area contributed by atoms with E-state index in [2.05, 4.69) is 10.4 Å². The van der Waals surface area contributed by atoms with Gasteiger partial charge in [0.05, 0.1) is 11.8 Å². The lowest BCUT2D eigenvalue weighted by molar-refractivity contribution is -0.137. The minimum atomic E-state index is -4.46. The number of halogens is 4. The molecular formula is C17H17ClF3N3O. The fourth-order valence-corrected chi connectivity index (χ4v) is 2.36. The Morgan fingerprint density at radius 3 is 2.80 bits per heavy atom. The molecule has 1 aromatic carbocycles. The van der Waals surface area contributed by atoms with Crippen LogP contribution < -0.4 is 5.32 Å². The number of carbonyl (C=O) groups is 1. The second-order valence-corrected chi connectivity index (χ2v) is 5.89. The van der Waals surface area contributed by atoms with Gasteiger partial charge in [0, 0.05) is 30.9 Å². The van der Waals surface area contributed by atoms with E-state index in [0.717, 1.165) is 36.6 Å². The van der Waals surface area contributed by atoms with E-state index in [-0.39, 0.29) is 16.5 Å². The molecule has 25 heavy (non-hydrogen) atoms. The van der Waals surface area contributed by atoms with Gasteiger partial charge in [-0.05, 0) is 48.2 Å². The zero-order chi connectivity index (χ0) is 18.4. The molecule has 0 spiro atoms. The molecule has 1 heterocycles. The number of aromatic nitrogens is 2. The number of aryl methyl sites for hydroxylation is 2. The van der Waals surface area contributed by atoms with Gasteiger partial charge in [-0.1, -0.05) is 11.6 Å². The fourth-order valence-electron chi connectivity index (χ4n) is 2.18. The van der Waals surface area contributed by atoms with Crippen LogP contribution in [0.2, 0.25) is 5.02 Å². The van der Waals surface area contributed by atoms with Crippen molar-refractivity contribution in [1.82, 2.24) is 15.1 Å². The van der Waals surface area contributed by atoms with Crippen molar-refractivity contribution in [3.63, 3.8) is 0 Å². The molecule has 0 bridgehead atoms. The van der Waals surface area contributed by atoms with Crippen LogP contribution >= 0.6 is 11.6 Å². The van der Waals surface area contributed by atoms with E-state index >= 15 is 0 Å². The summed E-state index contributed by atoms with van der Waals surface area (Å²) in [7, 11) is 1.83. The normalized spacial score (nSPS) is 11.9. The van der Waals surface area contributed by atoms with E-state index in [1.165, 1.54) is 12.2 Å². The molecule has 0 saturated carbocycles. The zero-order valence-corrected chi connectivity index (χ0v) is 14.2. The van der Waals surface area contributed by atoms with Crippen LogP contribution in [-0.4, -0.2) is 22.2 Å². The predicted molar refractivity (Wildman–Crippen MR) is 90.0 cm³/mol. The Hall–Kier alpha value is -2.28. The molecule has 0 radical (unpaired) electrons. The summed E-state index contributed by atoms with van der Waals surface area (Å²) in [5.41, 5.74) is 0.401. The molecule has 0 fully saturated rings. The molecule has 0 atom stereocenters. The SMILES string of the molecule is Cn1cc(CCCNC(=O)/C=C/c2cc(C(F)(F)F)ccc2Cl)cn1. The summed E-state index contributed by atoms with van der Waals surface area (Å²) >= 11 is 5.87. The molecular weight excluding hydrogens is 355 g/mol. The number of nitrogens with zero attached hydrogens (tertiary/aromatic N) is 2. The van der Waals surface area contributed by atoms with Crippen LogP contribution in [-0.2, 0) is 24.4 Å². The Kier molecular flexibility index (Phi) is 6.25. The van der Waals surface area contributed by atoms with Crippen molar-refractivity contribution in [2.75, 3.05) is 6.54 Å². The number of rotatable bonds is 6. The summed E-state index contributed by atoms with van der Waals surface area (Å²) in [5, 5.41) is 6.87. The number of nitrogens with one attached hydrogen (secondary N) is 1. The minimum Gasteiger partial charge on any atom is -0.353 e. The van der Waals surface area contributed by atoms with E-state index < -0.39 is 11.7 Å². The second-order valence-electron chi connectivity index (χ2n) is 5.48. The molecule has 0 aliphatic heterocycles. The largest absolute Gasteiger partial charge is 0.416 e. The van der Waals surface area contributed by atoms with Gasteiger partial charge in [0.1, 0.15) is 0 Å². The monoisotopic (exact) mass is 371 g/mol. The van der Waals surface area contributed by atoms with E-state index in [4.69, 9.17) is 11.6 Å². The minimum absolute atomic E-state index is 0.141. The standard InChI is InChI=1S/C17H17ClF3N3O/c1-24-11-12(10-23-24)3-2-8-22-16(25)7-4-13-9-14(17(19,20)21)5-6-15(13)18/h4-7,9-11H,2-3,8H2,1H3,(H,22,25)/b7-4+. The first-order valence-corrected chi connectivity index (χ1v) is 7.93. The molecule has 1 aromatic heterocycles. The van der Waals surface area contributed by atoms with Crippen molar-refractivity contribution in [2.24, 2.45) is 7.05 Å². The lowest BCUT2D eigenvalue weighted by Crippen LogP contribution is -2.22. The predicted octanol–water partition coefficient (Wildman–Crippen LogP) is 3.85. The summed E-state index contributed by atoms with van der Waals surface area (Å²) in [6, 6.07) is 2.97. The molecule has 0 aliphatic carbocycles.